The topological polar surface area (TPSA) is 139 Å². The molecule has 2 unspecified atom stereocenters. The summed E-state index contributed by atoms with van der Waals surface area (Å²) in [5.74, 6) is -1.81. The third-order valence-corrected chi connectivity index (χ3v) is 6.01. The zero-order chi connectivity index (χ0) is 22.8. The van der Waals surface area contributed by atoms with Crippen LogP contribution in [-0.2, 0) is 9.53 Å². The molecule has 2 aromatic rings. The van der Waals surface area contributed by atoms with E-state index in [0.717, 1.165) is 23.8 Å². The highest BCUT2D eigenvalue weighted by molar-refractivity contribution is 7.07. The van der Waals surface area contributed by atoms with Crippen LogP contribution in [0, 0.1) is 5.92 Å². The van der Waals surface area contributed by atoms with E-state index in [2.05, 4.69) is 19.7 Å². The second-order valence-electron chi connectivity index (χ2n) is 7.45. The van der Waals surface area contributed by atoms with Crippen LogP contribution in [0.15, 0.2) is 22.3 Å². The molecule has 0 aliphatic carbocycles. The van der Waals surface area contributed by atoms with Crippen molar-refractivity contribution in [2.24, 2.45) is 10.9 Å². The average Bonchev–Trinajstić information content (AvgIpc) is 3.26. The van der Waals surface area contributed by atoms with E-state index in [1.807, 2.05) is 0 Å². The van der Waals surface area contributed by atoms with Crippen LogP contribution in [0.2, 0.25) is 0 Å². The largest absolute Gasteiger partial charge is 0.477 e. The first-order valence-corrected chi connectivity index (χ1v) is 10.7. The third kappa shape index (κ3) is 4.18. The van der Waals surface area contributed by atoms with Gasteiger partial charge in [-0.05, 0) is 12.5 Å². The number of hydrogen-bond acceptors (Lipinski definition) is 9. The molecule has 2 atom stereocenters. The van der Waals surface area contributed by atoms with Crippen molar-refractivity contribution in [3.05, 3.63) is 39.0 Å². The molecule has 170 valence electrons. The van der Waals surface area contributed by atoms with Crippen LogP contribution in [0.5, 0.6) is 0 Å². The number of likely N-dealkylation sites (tertiary alicyclic amines) is 1. The van der Waals surface area contributed by atoms with E-state index in [4.69, 9.17) is 4.74 Å². The lowest BCUT2D eigenvalue weighted by Crippen LogP contribution is -2.61. The molecule has 2 N–H and O–H groups in total. The Balaban J connectivity index is 1.60. The highest BCUT2D eigenvalue weighted by Crippen LogP contribution is 2.23. The number of hydrogen-bond donors (Lipinski definition) is 2. The predicted octanol–water partition coefficient (Wildman–Crippen LogP) is -1.45. The molecule has 0 radical (unpaired) electrons. The van der Waals surface area contributed by atoms with Gasteiger partial charge in [-0.3, -0.25) is 19.1 Å². The molecule has 4 heterocycles. The van der Waals surface area contributed by atoms with Crippen LogP contribution in [0.1, 0.15) is 16.8 Å². The number of nitrogens with one attached hydrogen (secondary N) is 1. The molecule has 32 heavy (non-hydrogen) atoms. The Morgan fingerprint density at radius 2 is 2.19 bits per heavy atom. The summed E-state index contributed by atoms with van der Waals surface area (Å²) in [6, 6.07) is 0. The first-order valence-electron chi connectivity index (χ1n) is 9.91. The number of aromatic nitrogens is 3. The number of amides is 1. The molecule has 0 saturated carbocycles. The summed E-state index contributed by atoms with van der Waals surface area (Å²) in [6.07, 6.45) is 1.65. The number of methoxy groups -OCH3 is 1. The fourth-order valence-electron chi connectivity index (χ4n) is 3.67. The molecular formula is C19H21FN6O5S. The molecule has 4 rings (SSSR count). The van der Waals surface area contributed by atoms with Gasteiger partial charge in [-0.1, -0.05) is 0 Å². The van der Waals surface area contributed by atoms with Crippen molar-refractivity contribution in [1.82, 2.24) is 24.1 Å². The Labute approximate surface area is 185 Å². The van der Waals surface area contributed by atoms with Crippen LogP contribution in [-0.4, -0.2) is 81.5 Å². The first-order chi connectivity index (χ1) is 15.4. The van der Waals surface area contributed by atoms with Gasteiger partial charge >= 0.3 is 5.97 Å². The smallest absolute Gasteiger partial charge is 0.341 e. The number of carboxylic acid groups (broad SMARTS) is 1. The Kier molecular flexibility index (Phi) is 6.39. The lowest BCUT2D eigenvalue weighted by atomic mass is 9.96. The Bertz CT molecular complexity index is 1190. The number of nitrogens with zero attached hydrogens (tertiary/aromatic N) is 5. The predicted molar refractivity (Wildman–Crippen MR) is 111 cm³/mol. The van der Waals surface area contributed by atoms with E-state index < -0.39 is 29.3 Å². The standard InChI is InChI=1S/C19H21FN6O5S/c1-31-4-2-3-21-17(28)10-6-25(7-10)16-13(20)5-11-14(27)12(18(29)30)8-26(15(11)24-16)19-22-9-23-32-19/h5,8-10,13,16H,2-4,6-7H2,1H3,(H,21,28)(H,29,30). The van der Waals surface area contributed by atoms with Crippen LogP contribution < -0.4 is 21.5 Å². The van der Waals surface area contributed by atoms with Crippen molar-refractivity contribution >= 4 is 29.5 Å². The van der Waals surface area contributed by atoms with Crippen molar-refractivity contribution in [2.75, 3.05) is 33.4 Å². The van der Waals surface area contributed by atoms with Crippen molar-refractivity contribution in [3.63, 3.8) is 0 Å². The van der Waals surface area contributed by atoms with E-state index in [0.29, 0.717) is 37.8 Å². The van der Waals surface area contributed by atoms with Gasteiger partial charge in [-0.2, -0.15) is 4.37 Å². The van der Waals surface area contributed by atoms with E-state index in [1.165, 1.54) is 10.9 Å². The molecule has 1 saturated heterocycles. The highest BCUT2D eigenvalue weighted by atomic mass is 32.1. The van der Waals surface area contributed by atoms with Gasteiger partial charge in [0.15, 0.2) is 6.17 Å². The molecule has 0 bridgehead atoms. The zero-order valence-electron chi connectivity index (χ0n) is 17.1. The second kappa shape index (κ2) is 9.22. The molecule has 2 aliphatic rings. The number of carbonyl (C=O) groups is 2. The van der Waals surface area contributed by atoms with Gasteiger partial charge in [0.1, 0.15) is 23.5 Å². The summed E-state index contributed by atoms with van der Waals surface area (Å²) < 4.78 is 25.2. The van der Waals surface area contributed by atoms with Gasteiger partial charge in [0.25, 0.3) is 0 Å². The maximum atomic E-state index is 15.0. The molecule has 2 aromatic heterocycles. The summed E-state index contributed by atoms with van der Waals surface area (Å²) in [4.78, 5) is 46.5. The fraction of sp³-hybridized carbons (Fsp3) is 0.474. The van der Waals surface area contributed by atoms with Gasteiger partial charge in [0.05, 0.1) is 11.1 Å². The van der Waals surface area contributed by atoms with Gasteiger partial charge in [-0.15, -0.1) is 0 Å². The summed E-state index contributed by atoms with van der Waals surface area (Å²) in [7, 11) is 1.59. The molecule has 11 nitrogen and oxygen atoms in total. The number of aromatic carboxylic acids is 1. The second-order valence-corrected chi connectivity index (χ2v) is 8.21. The van der Waals surface area contributed by atoms with Crippen LogP contribution >= 0.6 is 11.5 Å². The summed E-state index contributed by atoms with van der Waals surface area (Å²) in [5.41, 5.74) is -1.21. The van der Waals surface area contributed by atoms with E-state index >= 15 is 0 Å². The van der Waals surface area contributed by atoms with Gasteiger partial charge in [0, 0.05) is 51.1 Å². The lowest BCUT2D eigenvalue weighted by molar-refractivity contribution is -0.131. The Morgan fingerprint density at radius 3 is 2.84 bits per heavy atom. The van der Waals surface area contributed by atoms with Gasteiger partial charge in [-0.25, -0.2) is 19.2 Å². The SMILES string of the molecule is COCCCNC(=O)C1CN(C2N=c3c(c(=O)c(C(=O)O)cn3-c3ncns3)=CC2F)C1. The van der Waals surface area contributed by atoms with Gasteiger partial charge in [0.2, 0.25) is 16.5 Å². The van der Waals surface area contributed by atoms with Gasteiger partial charge < -0.3 is 15.2 Å². The minimum atomic E-state index is -1.63. The Hall–Kier alpha value is -3.03. The number of halogens is 1. The number of alkyl halides is 1. The molecule has 2 aliphatic heterocycles. The summed E-state index contributed by atoms with van der Waals surface area (Å²) in [6.45, 7) is 1.70. The summed E-state index contributed by atoms with van der Waals surface area (Å²) >= 11 is 0.984. The van der Waals surface area contributed by atoms with Crippen LogP contribution in [0.25, 0.3) is 11.2 Å². The minimum absolute atomic E-state index is 0.107. The Morgan fingerprint density at radius 1 is 1.41 bits per heavy atom. The summed E-state index contributed by atoms with van der Waals surface area (Å²) in [5, 5.41) is 12.4. The normalized spacial score (nSPS) is 20.6. The monoisotopic (exact) mass is 464 g/mol. The first kappa shape index (κ1) is 22.2. The number of fused-ring (bicyclic) bond motifs is 1. The van der Waals surface area contributed by atoms with Crippen molar-refractivity contribution in [1.29, 1.82) is 0 Å². The number of pyridine rings is 1. The lowest BCUT2D eigenvalue weighted by Gasteiger charge is -2.42. The van der Waals surface area contributed by atoms with E-state index in [1.54, 1.807) is 12.0 Å². The average molecular weight is 464 g/mol. The molecule has 0 aromatic carbocycles. The number of carboxylic acids is 1. The van der Waals surface area contributed by atoms with Crippen LogP contribution in [0.4, 0.5) is 4.39 Å². The molecule has 13 heteroatoms. The number of rotatable bonds is 8. The molecule has 1 amide bonds. The van der Waals surface area contributed by atoms with Crippen molar-refractivity contribution < 1.29 is 23.8 Å². The fourth-order valence-corrected chi connectivity index (χ4v) is 4.18. The number of ether oxygens (including phenoxy) is 1. The molecular weight excluding hydrogens is 443 g/mol. The van der Waals surface area contributed by atoms with Crippen molar-refractivity contribution in [2.45, 2.75) is 18.8 Å². The maximum Gasteiger partial charge on any atom is 0.341 e. The van der Waals surface area contributed by atoms with Crippen LogP contribution in [0.3, 0.4) is 0 Å². The van der Waals surface area contributed by atoms with E-state index in [-0.39, 0.29) is 22.5 Å². The third-order valence-electron chi connectivity index (χ3n) is 5.35. The quantitative estimate of drug-likeness (QED) is 0.453. The molecule has 0 spiro atoms. The van der Waals surface area contributed by atoms with E-state index in [9.17, 15) is 23.9 Å². The maximum absolute atomic E-state index is 15.0. The number of carbonyl (C=O) groups excluding carboxylic acids is 1. The molecule has 1 fully saturated rings. The van der Waals surface area contributed by atoms with Crippen molar-refractivity contribution in [3.8, 4) is 5.13 Å². The zero-order valence-corrected chi connectivity index (χ0v) is 17.9. The highest BCUT2D eigenvalue weighted by Gasteiger charge is 2.40. The minimum Gasteiger partial charge on any atom is -0.477 e.